The molecule has 6 nitrogen and oxygen atoms in total. The van der Waals surface area contributed by atoms with Crippen LogP contribution in [0.25, 0.3) is 0 Å². The first-order valence-corrected chi connectivity index (χ1v) is 10.1. The van der Waals surface area contributed by atoms with Crippen molar-refractivity contribution in [2.24, 2.45) is 0 Å². The number of aliphatic hydroxyl groups is 2. The molecule has 0 spiro atoms. The van der Waals surface area contributed by atoms with Crippen LogP contribution in [0.4, 0.5) is 0 Å². The summed E-state index contributed by atoms with van der Waals surface area (Å²) in [5, 5.41) is 15.2. The van der Waals surface area contributed by atoms with Crippen molar-refractivity contribution in [1.82, 2.24) is 0 Å². The minimum Gasteiger partial charge on any atom is -0.462 e. The Bertz CT molecular complexity index is 277. The molecular weight excluding hydrogens is 336 g/mol. The summed E-state index contributed by atoms with van der Waals surface area (Å²) in [6.45, 7) is 4.44. The first-order chi connectivity index (χ1) is 12.6. The summed E-state index contributed by atoms with van der Waals surface area (Å²) < 4.78 is 10.1. The Morgan fingerprint density at radius 1 is 0.615 bits per heavy atom. The van der Waals surface area contributed by atoms with Crippen LogP contribution in [0, 0.1) is 0 Å². The topological polar surface area (TPSA) is 93.1 Å². The van der Waals surface area contributed by atoms with Crippen LogP contribution in [-0.4, -0.2) is 48.6 Å². The van der Waals surface area contributed by atoms with Gasteiger partial charge in [0.05, 0.1) is 13.2 Å². The van der Waals surface area contributed by atoms with E-state index in [2.05, 4.69) is 13.8 Å². The van der Waals surface area contributed by atoms with Gasteiger partial charge in [0, 0.05) is 12.8 Å². The molecule has 0 rings (SSSR count). The number of aliphatic hydroxyl groups excluding tert-OH is 2. The van der Waals surface area contributed by atoms with E-state index < -0.39 is 0 Å². The third-order valence-corrected chi connectivity index (χ3v) is 3.68. The van der Waals surface area contributed by atoms with E-state index in [-0.39, 0.29) is 38.4 Å². The first kappa shape index (κ1) is 27.1. The van der Waals surface area contributed by atoms with Crippen LogP contribution < -0.4 is 0 Å². The summed E-state index contributed by atoms with van der Waals surface area (Å²) in [5.41, 5.74) is 0. The molecule has 2 N–H and O–H groups in total. The highest BCUT2D eigenvalue weighted by Gasteiger charge is 2.05. The van der Waals surface area contributed by atoms with Crippen molar-refractivity contribution in [2.45, 2.75) is 90.9 Å². The van der Waals surface area contributed by atoms with Crippen molar-refractivity contribution in [3.8, 4) is 0 Å². The molecule has 0 aliphatic heterocycles. The van der Waals surface area contributed by atoms with Crippen molar-refractivity contribution in [3.63, 3.8) is 0 Å². The monoisotopic (exact) mass is 376 g/mol. The molecule has 0 aromatic carbocycles. The van der Waals surface area contributed by atoms with E-state index in [0.717, 1.165) is 25.7 Å². The molecule has 0 aliphatic carbocycles. The Labute approximate surface area is 159 Å². The number of hydrogen-bond acceptors (Lipinski definition) is 6. The number of esters is 2. The second-order valence-electron chi connectivity index (χ2n) is 6.22. The van der Waals surface area contributed by atoms with E-state index in [9.17, 15) is 9.59 Å². The average Bonchev–Trinajstić information content (AvgIpc) is 2.65. The number of carbonyl (C=O) groups excluding carboxylic acids is 2. The molecule has 0 heterocycles. The summed E-state index contributed by atoms with van der Waals surface area (Å²) in [4.78, 5) is 22.9. The molecule has 0 amide bonds. The molecule has 26 heavy (non-hydrogen) atoms. The van der Waals surface area contributed by atoms with Gasteiger partial charge in [-0.05, 0) is 12.8 Å². The number of unbranched alkanes of at least 4 members (excludes halogenated alkanes) is 8. The normalized spacial score (nSPS) is 10.0. The minimum absolute atomic E-state index is 0.125. The van der Waals surface area contributed by atoms with Gasteiger partial charge in [-0.1, -0.05) is 65.2 Å². The molecule has 6 heteroatoms. The van der Waals surface area contributed by atoms with Crippen LogP contribution in [0.1, 0.15) is 90.9 Å². The van der Waals surface area contributed by atoms with Gasteiger partial charge in [-0.25, -0.2) is 0 Å². The SMILES string of the molecule is CCCCCCCC(=O)OCCOC(=O)CCCCCCC.OCCO. The summed E-state index contributed by atoms with van der Waals surface area (Å²) in [7, 11) is 0. The third-order valence-electron chi connectivity index (χ3n) is 3.68. The number of rotatable bonds is 16. The quantitative estimate of drug-likeness (QED) is 0.315. The maximum Gasteiger partial charge on any atom is 0.305 e. The molecule has 0 aromatic heterocycles. The van der Waals surface area contributed by atoms with Crippen molar-refractivity contribution < 1.29 is 29.3 Å². The Balaban J connectivity index is 0. The number of hydrogen-bond donors (Lipinski definition) is 2. The van der Waals surface area contributed by atoms with E-state index >= 15 is 0 Å². The predicted octanol–water partition coefficient (Wildman–Crippen LogP) is 3.76. The molecule has 0 radical (unpaired) electrons. The first-order valence-electron chi connectivity index (χ1n) is 10.1. The molecule has 0 bridgehead atoms. The lowest BCUT2D eigenvalue weighted by molar-refractivity contribution is -0.152. The van der Waals surface area contributed by atoms with Gasteiger partial charge in [0.15, 0.2) is 0 Å². The van der Waals surface area contributed by atoms with Gasteiger partial charge in [-0.3, -0.25) is 9.59 Å². The Morgan fingerprint density at radius 3 is 1.27 bits per heavy atom. The van der Waals surface area contributed by atoms with Crippen molar-refractivity contribution >= 4 is 11.9 Å². The minimum atomic E-state index is -0.188. The average molecular weight is 377 g/mol. The lowest BCUT2D eigenvalue weighted by Gasteiger charge is -2.06. The molecule has 156 valence electrons. The van der Waals surface area contributed by atoms with Crippen LogP contribution in [-0.2, 0) is 19.1 Å². The highest BCUT2D eigenvalue weighted by molar-refractivity contribution is 5.70. The fraction of sp³-hybridized carbons (Fsp3) is 0.900. The molecule has 0 atom stereocenters. The summed E-state index contributed by atoms with van der Waals surface area (Å²) in [6, 6.07) is 0. The molecule has 0 fully saturated rings. The van der Waals surface area contributed by atoms with Crippen LogP contribution in [0.5, 0.6) is 0 Å². The van der Waals surface area contributed by atoms with Gasteiger partial charge < -0.3 is 19.7 Å². The maximum absolute atomic E-state index is 11.4. The van der Waals surface area contributed by atoms with Crippen molar-refractivity contribution in [2.75, 3.05) is 26.4 Å². The van der Waals surface area contributed by atoms with Crippen LogP contribution >= 0.6 is 0 Å². The van der Waals surface area contributed by atoms with E-state index in [4.69, 9.17) is 19.7 Å². The Morgan fingerprint density at radius 2 is 0.962 bits per heavy atom. The zero-order valence-electron chi connectivity index (χ0n) is 16.8. The Hall–Kier alpha value is -1.14. The predicted molar refractivity (Wildman–Crippen MR) is 103 cm³/mol. The molecular formula is C20H40O6. The Kier molecular flexibility index (Phi) is 24.9. The van der Waals surface area contributed by atoms with Crippen LogP contribution in [0.3, 0.4) is 0 Å². The van der Waals surface area contributed by atoms with E-state index in [1.165, 1.54) is 38.5 Å². The highest BCUT2D eigenvalue weighted by atomic mass is 16.6. The third kappa shape index (κ3) is 25.1. The van der Waals surface area contributed by atoms with Gasteiger partial charge in [-0.2, -0.15) is 0 Å². The molecule has 0 aliphatic rings. The number of carbonyl (C=O) groups is 2. The van der Waals surface area contributed by atoms with Gasteiger partial charge >= 0.3 is 11.9 Å². The van der Waals surface area contributed by atoms with Crippen LogP contribution in [0.15, 0.2) is 0 Å². The van der Waals surface area contributed by atoms with Gasteiger partial charge in [0.25, 0.3) is 0 Å². The van der Waals surface area contributed by atoms with Gasteiger partial charge in [-0.15, -0.1) is 0 Å². The summed E-state index contributed by atoms with van der Waals surface area (Å²) >= 11 is 0. The van der Waals surface area contributed by atoms with E-state index in [1.807, 2.05) is 0 Å². The van der Waals surface area contributed by atoms with E-state index in [0.29, 0.717) is 12.8 Å². The van der Waals surface area contributed by atoms with Crippen molar-refractivity contribution in [1.29, 1.82) is 0 Å². The van der Waals surface area contributed by atoms with Crippen LogP contribution in [0.2, 0.25) is 0 Å². The van der Waals surface area contributed by atoms with Gasteiger partial charge in [0.1, 0.15) is 13.2 Å². The fourth-order valence-electron chi connectivity index (χ4n) is 2.20. The second kappa shape index (κ2) is 23.9. The van der Waals surface area contributed by atoms with E-state index in [1.54, 1.807) is 0 Å². The fourth-order valence-corrected chi connectivity index (χ4v) is 2.20. The van der Waals surface area contributed by atoms with Gasteiger partial charge in [0.2, 0.25) is 0 Å². The molecule has 0 saturated heterocycles. The summed E-state index contributed by atoms with van der Waals surface area (Å²) in [6.07, 6.45) is 12.1. The second-order valence-corrected chi connectivity index (χ2v) is 6.22. The smallest absolute Gasteiger partial charge is 0.305 e. The molecule has 0 saturated carbocycles. The lowest BCUT2D eigenvalue weighted by Crippen LogP contribution is -2.13. The molecule has 0 aromatic rings. The standard InChI is InChI=1S/C18H34O4.C2H6O2/c1-3-5-7-9-11-13-17(19)21-15-16-22-18(20)14-12-10-8-6-4-2;3-1-2-4/h3-16H2,1-2H3;3-4H,1-2H2. The maximum atomic E-state index is 11.4. The zero-order chi connectivity index (χ0) is 19.9. The number of ether oxygens (including phenoxy) is 2. The highest BCUT2D eigenvalue weighted by Crippen LogP contribution is 2.06. The zero-order valence-corrected chi connectivity index (χ0v) is 16.8. The summed E-state index contributed by atoms with van der Waals surface area (Å²) in [5.74, 6) is -0.376. The van der Waals surface area contributed by atoms with Crippen molar-refractivity contribution in [3.05, 3.63) is 0 Å². The largest absolute Gasteiger partial charge is 0.462 e. The molecule has 0 unspecified atom stereocenters. The lowest BCUT2D eigenvalue weighted by atomic mass is 10.1.